The molecule has 2 rings (SSSR count). The molecule has 0 fully saturated rings. The van der Waals surface area contributed by atoms with Crippen molar-refractivity contribution < 1.29 is 14.3 Å². The molecule has 116 valence electrons. The zero-order valence-electron chi connectivity index (χ0n) is 12.7. The van der Waals surface area contributed by atoms with Crippen molar-refractivity contribution in [1.82, 2.24) is 0 Å². The Hall–Kier alpha value is -2.14. The van der Waals surface area contributed by atoms with E-state index in [1.807, 2.05) is 0 Å². The van der Waals surface area contributed by atoms with E-state index >= 15 is 0 Å². The summed E-state index contributed by atoms with van der Waals surface area (Å²) in [5, 5.41) is 3.46. The van der Waals surface area contributed by atoms with Crippen LogP contribution in [0.25, 0.3) is 0 Å². The monoisotopic (exact) mass is 317 g/mol. The minimum absolute atomic E-state index is 0.0576. The highest BCUT2D eigenvalue weighted by Gasteiger charge is 2.10. The Morgan fingerprint density at radius 2 is 1.77 bits per heavy atom. The van der Waals surface area contributed by atoms with E-state index in [0.29, 0.717) is 22.7 Å². The van der Waals surface area contributed by atoms with Gasteiger partial charge < -0.3 is 10.1 Å². The highest BCUT2D eigenvalue weighted by atomic mass is 32.1. The smallest absolute Gasteiger partial charge is 0.348 e. The number of carbonyl (C=O) groups excluding carboxylic acids is 2. The molecule has 0 spiro atoms. The number of carbonyl (C=O) groups is 2. The van der Waals surface area contributed by atoms with Gasteiger partial charge in [0.05, 0.1) is 12.1 Å². The molecule has 1 heterocycles. The van der Waals surface area contributed by atoms with Gasteiger partial charge in [0.15, 0.2) is 0 Å². The van der Waals surface area contributed by atoms with Gasteiger partial charge in [-0.3, -0.25) is 4.79 Å². The van der Waals surface area contributed by atoms with Gasteiger partial charge in [0, 0.05) is 6.42 Å². The molecule has 0 aliphatic rings. The summed E-state index contributed by atoms with van der Waals surface area (Å²) in [4.78, 5) is 23.8. The zero-order chi connectivity index (χ0) is 15.9. The van der Waals surface area contributed by atoms with E-state index in [9.17, 15) is 9.59 Å². The highest BCUT2D eigenvalue weighted by Crippen LogP contribution is 2.22. The number of benzene rings is 1. The van der Waals surface area contributed by atoms with Gasteiger partial charge in [-0.1, -0.05) is 31.2 Å². The molecule has 1 amide bonds. The summed E-state index contributed by atoms with van der Waals surface area (Å²) >= 11 is 1.21. The number of aryl methyl sites for hydroxylation is 2. The number of hydrogen-bond acceptors (Lipinski definition) is 4. The van der Waals surface area contributed by atoms with Crippen LogP contribution in [0.1, 0.15) is 34.1 Å². The molecule has 0 unspecified atom stereocenters. The van der Waals surface area contributed by atoms with E-state index < -0.39 is 0 Å². The average Bonchev–Trinajstić information content (AvgIpc) is 3.01. The van der Waals surface area contributed by atoms with Crippen LogP contribution in [0, 0.1) is 0 Å². The molecular formula is C17H19NO3S. The van der Waals surface area contributed by atoms with Gasteiger partial charge >= 0.3 is 5.97 Å². The summed E-state index contributed by atoms with van der Waals surface area (Å²) < 4.78 is 4.64. The van der Waals surface area contributed by atoms with Crippen LogP contribution < -0.4 is 5.32 Å². The Morgan fingerprint density at radius 1 is 1.09 bits per heavy atom. The number of methoxy groups -OCH3 is 1. The topological polar surface area (TPSA) is 55.4 Å². The summed E-state index contributed by atoms with van der Waals surface area (Å²) in [6.45, 7) is 2.12. The van der Waals surface area contributed by atoms with Gasteiger partial charge in [-0.05, 0) is 36.1 Å². The maximum atomic E-state index is 11.9. The third-order valence-electron chi connectivity index (χ3n) is 3.33. The van der Waals surface area contributed by atoms with E-state index in [0.717, 1.165) is 12.0 Å². The molecule has 0 radical (unpaired) electrons. The van der Waals surface area contributed by atoms with Crippen molar-refractivity contribution in [3.05, 3.63) is 52.4 Å². The van der Waals surface area contributed by atoms with Crippen LogP contribution in [-0.4, -0.2) is 19.0 Å². The van der Waals surface area contributed by atoms with Gasteiger partial charge in [-0.2, -0.15) is 0 Å². The van der Waals surface area contributed by atoms with Gasteiger partial charge in [-0.25, -0.2) is 4.79 Å². The maximum absolute atomic E-state index is 11.9. The van der Waals surface area contributed by atoms with Crippen LogP contribution >= 0.6 is 11.3 Å². The molecule has 0 bridgehead atoms. The number of amides is 1. The van der Waals surface area contributed by atoms with Crippen molar-refractivity contribution in [1.29, 1.82) is 0 Å². The van der Waals surface area contributed by atoms with Crippen molar-refractivity contribution in [2.75, 3.05) is 12.4 Å². The maximum Gasteiger partial charge on any atom is 0.348 e. The van der Waals surface area contributed by atoms with Crippen LogP contribution in [-0.2, 0) is 22.4 Å². The number of hydrogen-bond donors (Lipinski definition) is 1. The van der Waals surface area contributed by atoms with E-state index in [1.165, 1.54) is 24.0 Å². The molecule has 0 aliphatic carbocycles. The molecule has 0 aliphatic heterocycles. The van der Waals surface area contributed by atoms with E-state index in [-0.39, 0.29) is 11.9 Å². The van der Waals surface area contributed by atoms with Crippen LogP contribution in [0.5, 0.6) is 0 Å². The minimum Gasteiger partial charge on any atom is -0.465 e. The van der Waals surface area contributed by atoms with Gasteiger partial charge in [0.25, 0.3) is 0 Å². The normalized spacial score (nSPS) is 10.3. The molecule has 22 heavy (non-hydrogen) atoms. The minimum atomic E-state index is -0.387. The first kappa shape index (κ1) is 16.2. The first-order valence-corrected chi connectivity index (χ1v) is 8.00. The summed E-state index contributed by atoms with van der Waals surface area (Å²) in [5.41, 5.74) is 2.44. The predicted octanol–water partition coefficient (Wildman–Crippen LogP) is 3.67. The Kier molecular flexibility index (Phi) is 5.72. The summed E-state index contributed by atoms with van der Waals surface area (Å²) in [5.74, 6) is -0.445. The molecule has 1 N–H and O–H groups in total. The van der Waals surface area contributed by atoms with Crippen LogP contribution in [0.15, 0.2) is 36.4 Å². The number of rotatable bonds is 6. The second kappa shape index (κ2) is 7.75. The Bertz CT molecular complexity index is 646. The van der Waals surface area contributed by atoms with E-state index in [1.54, 1.807) is 12.1 Å². The molecule has 2 aromatic rings. The second-order valence-electron chi connectivity index (χ2n) is 4.87. The Labute approximate surface area is 134 Å². The lowest BCUT2D eigenvalue weighted by Crippen LogP contribution is -2.11. The van der Waals surface area contributed by atoms with Crippen molar-refractivity contribution in [2.24, 2.45) is 0 Å². The Balaban J connectivity index is 1.84. The fourth-order valence-electron chi connectivity index (χ4n) is 2.01. The fraction of sp³-hybridized carbons (Fsp3) is 0.294. The van der Waals surface area contributed by atoms with Crippen molar-refractivity contribution in [3.8, 4) is 0 Å². The van der Waals surface area contributed by atoms with Gasteiger partial charge in [0.2, 0.25) is 5.91 Å². The second-order valence-corrected chi connectivity index (χ2v) is 5.96. The zero-order valence-corrected chi connectivity index (χ0v) is 13.5. The largest absolute Gasteiger partial charge is 0.465 e. The third kappa shape index (κ3) is 4.43. The predicted molar refractivity (Wildman–Crippen MR) is 88.4 cm³/mol. The van der Waals surface area contributed by atoms with Crippen molar-refractivity contribution in [3.63, 3.8) is 0 Å². The number of nitrogens with one attached hydrogen (secondary N) is 1. The summed E-state index contributed by atoms with van der Waals surface area (Å²) in [6, 6.07) is 11.7. The Morgan fingerprint density at radius 3 is 2.41 bits per heavy atom. The standard InChI is InChI=1S/C17H19NO3S/c1-3-12-4-6-13(7-5-12)8-10-15(19)18-16-11-9-14(22-16)17(20)21-2/h4-7,9,11H,3,8,10H2,1-2H3,(H,18,19). The summed E-state index contributed by atoms with van der Waals surface area (Å²) in [7, 11) is 1.34. The lowest BCUT2D eigenvalue weighted by Gasteiger charge is -2.04. The quantitative estimate of drug-likeness (QED) is 0.827. The van der Waals surface area contributed by atoms with Crippen molar-refractivity contribution in [2.45, 2.75) is 26.2 Å². The molecule has 1 aromatic heterocycles. The molecular weight excluding hydrogens is 298 g/mol. The lowest BCUT2D eigenvalue weighted by molar-refractivity contribution is -0.116. The first-order chi connectivity index (χ1) is 10.6. The third-order valence-corrected chi connectivity index (χ3v) is 4.31. The molecule has 4 nitrogen and oxygen atoms in total. The number of anilines is 1. The van der Waals surface area contributed by atoms with E-state index in [4.69, 9.17) is 0 Å². The van der Waals surface area contributed by atoms with Crippen LogP contribution in [0.2, 0.25) is 0 Å². The molecule has 0 saturated heterocycles. The summed E-state index contributed by atoms with van der Waals surface area (Å²) in [6.07, 6.45) is 2.13. The highest BCUT2D eigenvalue weighted by molar-refractivity contribution is 7.18. The number of ether oxygens (including phenoxy) is 1. The van der Waals surface area contributed by atoms with Gasteiger partial charge in [-0.15, -0.1) is 11.3 Å². The molecule has 0 saturated carbocycles. The number of esters is 1. The van der Waals surface area contributed by atoms with Crippen molar-refractivity contribution >= 4 is 28.2 Å². The van der Waals surface area contributed by atoms with Crippen LogP contribution in [0.3, 0.4) is 0 Å². The molecule has 0 atom stereocenters. The lowest BCUT2D eigenvalue weighted by atomic mass is 10.1. The van der Waals surface area contributed by atoms with E-state index in [2.05, 4.69) is 41.2 Å². The average molecular weight is 317 g/mol. The van der Waals surface area contributed by atoms with Gasteiger partial charge in [0.1, 0.15) is 4.88 Å². The molecule has 5 heteroatoms. The van der Waals surface area contributed by atoms with Crippen LogP contribution in [0.4, 0.5) is 5.00 Å². The fourth-order valence-corrected chi connectivity index (χ4v) is 2.86. The SMILES string of the molecule is CCc1ccc(CCC(=O)Nc2ccc(C(=O)OC)s2)cc1. The molecule has 1 aromatic carbocycles. The number of thiophene rings is 1. The first-order valence-electron chi connectivity index (χ1n) is 7.18.